The van der Waals surface area contributed by atoms with E-state index in [-0.39, 0.29) is 23.5 Å². The smallest absolute Gasteiger partial charge is 0.260 e. The molecule has 25 heavy (non-hydrogen) atoms. The molecule has 0 aliphatic heterocycles. The fourth-order valence-corrected chi connectivity index (χ4v) is 2.35. The molecule has 0 atom stereocenters. The summed E-state index contributed by atoms with van der Waals surface area (Å²) in [5, 5.41) is 13.3. The van der Waals surface area contributed by atoms with Crippen molar-refractivity contribution in [1.29, 1.82) is 5.26 Å². The van der Waals surface area contributed by atoms with E-state index in [4.69, 9.17) is 19.3 Å². The number of methoxy groups -OCH3 is 2. The molecule has 0 amide bonds. The quantitative estimate of drug-likeness (QED) is 0.649. The largest absolute Gasteiger partial charge is 0.480 e. The van der Waals surface area contributed by atoms with Crippen molar-refractivity contribution in [3.63, 3.8) is 0 Å². The van der Waals surface area contributed by atoms with Crippen molar-refractivity contribution in [2.24, 2.45) is 0 Å². The van der Waals surface area contributed by atoms with Crippen molar-refractivity contribution < 1.29 is 14.0 Å². The Hall–Kier alpha value is -3.25. The molecule has 0 radical (unpaired) electrons. The second-order valence-corrected chi connectivity index (χ2v) is 5.19. The Balaban J connectivity index is 1.95. The van der Waals surface area contributed by atoms with Crippen molar-refractivity contribution in [3.05, 3.63) is 46.0 Å². The SMILES string of the molecule is COCCc1nc(Cn2ccc3nc(OC)c(C#N)cc3c2=O)no1. The molecule has 3 rings (SSSR count). The van der Waals surface area contributed by atoms with Crippen molar-refractivity contribution in [2.75, 3.05) is 20.8 Å². The number of nitrogens with zero attached hydrogens (tertiary/aromatic N) is 5. The Morgan fingerprint density at radius 3 is 2.92 bits per heavy atom. The summed E-state index contributed by atoms with van der Waals surface area (Å²) in [4.78, 5) is 21.1. The summed E-state index contributed by atoms with van der Waals surface area (Å²) in [6.45, 7) is 0.626. The highest BCUT2D eigenvalue weighted by atomic mass is 16.5. The summed E-state index contributed by atoms with van der Waals surface area (Å²) in [6.07, 6.45) is 2.10. The van der Waals surface area contributed by atoms with Gasteiger partial charge in [0.2, 0.25) is 11.8 Å². The van der Waals surface area contributed by atoms with Crippen LogP contribution in [-0.4, -0.2) is 40.5 Å². The van der Waals surface area contributed by atoms with E-state index in [0.717, 1.165) is 0 Å². The molecule has 0 saturated carbocycles. The van der Waals surface area contributed by atoms with Gasteiger partial charge in [-0.1, -0.05) is 5.16 Å². The molecular weight excluding hydrogens is 326 g/mol. The van der Waals surface area contributed by atoms with Gasteiger partial charge in [-0.2, -0.15) is 10.2 Å². The second-order valence-electron chi connectivity index (χ2n) is 5.19. The van der Waals surface area contributed by atoms with Crippen LogP contribution in [-0.2, 0) is 17.7 Å². The fraction of sp³-hybridized carbons (Fsp3) is 0.312. The molecule has 0 spiro atoms. The van der Waals surface area contributed by atoms with E-state index in [1.807, 2.05) is 6.07 Å². The van der Waals surface area contributed by atoms with Crippen molar-refractivity contribution in [2.45, 2.75) is 13.0 Å². The van der Waals surface area contributed by atoms with Gasteiger partial charge in [-0.15, -0.1) is 0 Å². The number of rotatable bonds is 6. The highest BCUT2D eigenvalue weighted by molar-refractivity contribution is 5.79. The van der Waals surface area contributed by atoms with Gasteiger partial charge in [-0.05, 0) is 12.1 Å². The molecule has 0 N–H and O–H groups in total. The van der Waals surface area contributed by atoms with E-state index >= 15 is 0 Å². The Morgan fingerprint density at radius 2 is 2.20 bits per heavy atom. The lowest BCUT2D eigenvalue weighted by atomic mass is 10.2. The number of pyridine rings is 2. The summed E-state index contributed by atoms with van der Waals surface area (Å²) in [7, 11) is 3.01. The molecule has 0 fully saturated rings. The molecule has 3 aromatic rings. The van der Waals surface area contributed by atoms with Gasteiger partial charge in [0.05, 0.1) is 37.6 Å². The third-order valence-electron chi connectivity index (χ3n) is 3.58. The summed E-state index contributed by atoms with van der Waals surface area (Å²) in [5.74, 6) is 1.02. The third kappa shape index (κ3) is 3.34. The first kappa shape index (κ1) is 16.6. The Morgan fingerprint density at radius 1 is 1.36 bits per heavy atom. The van der Waals surface area contributed by atoms with Gasteiger partial charge in [-0.25, -0.2) is 4.98 Å². The minimum Gasteiger partial charge on any atom is -0.480 e. The predicted molar refractivity (Wildman–Crippen MR) is 86.3 cm³/mol. The molecule has 0 aliphatic carbocycles. The lowest BCUT2D eigenvalue weighted by Crippen LogP contribution is -2.21. The van der Waals surface area contributed by atoms with Gasteiger partial charge >= 0.3 is 0 Å². The number of hydrogen-bond acceptors (Lipinski definition) is 8. The third-order valence-corrected chi connectivity index (χ3v) is 3.58. The molecule has 3 aromatic heterocycles. The zero-order valence-electron chi connectivity index (χ0n) is 13.7. The van der Waals surface area contributed by atoms with E-state index in [1.54, 1.807) is 19.4 Å². The molecule has 9 nitrogen and oxygen atoms in total. The van der Waals surface area contributed by atoms with E-state index in [1.165, 1.54) is 17.7 Å². The summed E-state index contributed by atoms with van der Waals surface area (Å²) in [6, 6.07) is 5.12. The average molecular weight is 341 g/mol. The Labute approximate surface area is 142 Å². The topological polar surface area (TPSA) is 116 Å². The number of ether oxygens (including phenoxy) is 2. The van der Waals surface area contributed by atoms with Crippen LogP contribution in [0.5, 0.6) is 5.88 Å². The van der Waals surface area contributed by atoms with Gasteiger partial charge in [0.25, 0.3) is 5.56 Å². The van der Waals surface area contributed by atoms with Crippen LogP contribution in [0.4, 0.5) is 0 Å². The first-order chi connectivity index (χ1) is 12.2. The highest BCUT2D eigenvalue weighted by Crippen LogP contribution is 2.19. The molecule has 128 valence electrons. The monoisotopic (exact) mass is 341 g/mol. The lowest BCUT2D eigenvalue weighted by Gasteiger charge is -2.07. The maximum absolute atomic E-state index is 12.6. The molecule has 9 heteroatoms. The zero-order chi connectivity index (χ0) is 17.8. The predicted octanol–water partition coefficient (Wildman–Crippen LogP) is 0.897. The standard InChI is InChI=1S/C16H15N5O4/c1-23-6-4-14-19-13(20-25-14)9-21-5-3-12-11(16(21)22)7-10(8-17)15(18-12)24-2/h3,5,7H,4,6,9H2,1-2H3. The fourth-order valence-electron chi connectivity index (χ4n) is 2.35. The first-order valence-electron chi connectivity index (χ1n) is 7.45. The van der Waals surface area contributed by atoms with Crippen LogP contribution in [0.25, 0.3) is 10.9 Å². The van der Waals surface area contributed by atoms with Crippen molar-refractivity contribution >= 4 is 10.9 Å². The first-order valence-corrected chi connectivity index (χ1v) is 7.45. The molecule has 0 aliphatic rings. The number of aromatic nitrogens is 4. The minimum atomic E-state index is -0.299. The van der Waals surface area contributed by atoms with Crippen LogP contribution in [0.2, 0.25) is 0 Å². The van der Waals surface area contributed by atoms with E-state index in [2.05, 4.69) is 15.1 Å². The van der Waals surface area contributed by atoms with Crippen LogP contribution in [0.3, 0.4) is 0 Å². The maximum Gasteiger partial charge on any atom is 0.260 e. The minimum absolute atomic E-state index is 0.152. The highest BCUT2D eigenvalue weighted by Gasteiger charge is 2.13. The second kappa shape index (κ2) is 7.11. The summed E-state index contributed by atoms with van der Waals surface area (Å²) >= 11 is 0. The molecule has 0 saturated heterocycles. The van der Waals surface area contributed by atoms with Crippen LogP contribution in [0, 0.1) is 11.3 Å². The van der Waals surface area contributed by atoms with Gasteiger partial charge in [0, 0.05) is 13.3 Å². The lowest BCUT2D eigenvalue weighted by molar-refractivity contribution is 0.192. The van der Waals surface area contributed by atoms with Crippen LogP contribution in [0.15, 0.2) is 27.6 Å². The van der Waals surface area contributed by atoms with E-state index in [0.29, 0.717) is 35.6 Å². The van der Waals surface area contributed by atoms with E-state index in [9.17, 15) is 4.79 Å². The van der Waals surface area contributed by atoms with Gasteiger partial charge in [0.1, 0.15) is 11.6 Å². The summed E-state index contributed by atoms with van der Waals surface area (Å²) < 4.78 is 16.6. The molecule has 0 unspecified atom stereocenters. The van der Waals surface area contributed by atoms with Crippen LogP contribution < -0.4 is 10.3 Å². The van der Waals surface area contributed by atoms with Crippen LogP contribution in [0.1, 0.15) is 17.3 Å². The molecule has 0 bridgehead atoms. The molecule has 3 heterocycles. The number of hydrogen-bond donors (Lipinski definition) is 0. The maximum atomic E-state index is 12.6. The van der Waals surface area contributed by atoms with E-state index < -0.39 is 0 Å². The molecule has 0 aromatic carbocycles. The Bertz CT molecular complexity index is 1000. The van der Waals surface area contributed by atoms with Gasteiger partial charge in [-0.3, -0.25) is 4.79 Å². The summed E-state index contributed by atoms with van der Waals surface area (Å²) in [5.41, 5.74) is 0.352. The Kier molecular flexibility index (Phi) is 4.72. The normalized spacial score (nSPS) is 10.8. The van der Waals surface area contributed by atoms with Crippen molar-refractivity contribution in [3.8, 4) is 11.9 Å². The van der Waals surface area contributed by atoms with Crippen LogP contribution >= 0.6 is 0 Å². The molecular formula is C16H15N5O4. The van der Waals surface area contributed by atoms with Crippen molar-refractivity contribution in [1.82, 2.24) is 19.7 Å². The average Bonchev–Trinajstić information content (AvgIpc) is 3.08. The van der Waals surface area contributed by atoms with Gasteiger partial charge in [0.15, 0.2) is 5.82 Å². The number of fused-ring (bicyclic) bond motifs is 1. The van der Waals surface area contributed by atoms with Gasteiger partial charge < -0.3 is 18.6 Å². The zero-order valence-corrected chi connectivity index (χ0v) is 13.7. The number of nitriles is 1.